The van der Waals surface area contributed by atoms with Gasteiger partial charge < -0.3 is 4.42 Å². The van der Waals surface area contributed by atoms with E-state index >= 15 is 0 Å². The Morgan fingerprint density at radius 2 is 2.10 bits per heavy atom. The Morgan fingerprint density at radius 3 is 2.75 bits per heavy atom. The van der Waals surface area contributed by atoms with Gasteiger partial charge in [-0.3, -0.25) is 14.6 Å². The quantitative estimate of drug-likeness (QED) is 0.750. The summed E-state index contributed by atoms with van der Waals surface area (Å²) >= 11 is 5.32. The summed E-state index contributed by atoms with van der Waals surface area (Å²) in [5.74, 6) is 2.11. The summed E-state index contributed by atoms with van der Waals surface area (Å²) in [6.45, 7) is 3.84. The Labute approximate surface area is 120 Å². The van der Waals surface area contributed by atoms with Crippen molar-refractivity contribution in [1.82, 2.24) is 24.7 Å². The molecule has 7 heteroatoms. The van der Waals surface area contributed by atoms with Gasteiger partial charge in [-0.1, -0.05) is 0 Å². The van der Waals surface area contributed by atoms with Gasteiger partial charge in [-0.15, -0.1) is 0 Å². The predicted octanol–water partition coefficient (Wildman–Crippen LogP) is 2.91. The van der Waals surface area contributed by atoms with Crippen LogP contribution in [0.2, 0.25) is 0 Å². The van der Waals surface area contributed by atoms with E-state index in [1.807, 2.05) is 30.5 Å². The minimum absolute atomic E-state index is 0.141. The van der Waals surface area contributed by atoms with E-state index in [0.717, 1.165) is 17.1 Å². The molecule has 3 rings (SSSR count). The third-order valence-electron chi connectivity index (χ3n) is 3.03. The fourth-order valence-electron chi connectivity index (χ4n) is 2.04. The molecule has 3 aromatic rings. The van der Waals surface area contributed by atoms with Gasteiger partial charge in [0.1, 0.15) is 11.8 Å². The van der Waals surface area contributed by atoms with Gasteiger partial charge in [0.15, 0.2) is 10.6 Å². The van der Waals surface area contributed by atoms with Crippen molar-refractivity contribution < 1.29 is 4.42 Å². The largest absolute Gasteiger partial charge is 0.444 e. The van der Waals surface area contributed by atoms with Crippen LogP contribution in [-0.4, -0.2) is 24.7 Å². The molecule has 20 heavy (non-hydrogen) atoms. The van der Waals surface area contributed by atoms with E-state index in [1.165, 1.54) is 0 Å². The van der Waals surface area contributed by atoms with Crippen molar-refractivity contribution in [1.29, 1.82) is 0 Å². The lowest BCUT2D eigenvalue weighted by Crippen LogP contribution is -2.09. The number of aromatic nitrogens is 5. The molecule has 3 heterocycles. The minimum atomic E-state index is -0.141. The fourth-order valence-corrected chi connectivity index (χ4v) is 2.33. The highest BCUT2D eigenvalue weighted by atomic mass is 32.1. The van der Waals surface area contributed by atoms with Crippen LogP contribution >= 0.6 is 12.2 Å². The third-order valence-corrected chi connectivity index (χ3v) is 3.31. The van der Waals surface area contributed by atoms with Crippen LogP contribution in [0.5, 0.6) is 0 Å². The number of oxazole rings is 1. The Hall–Kier alpha value is -2.28. The maximum absolute atomic E-state index is 5.58. The van der Waals surface area contributed by atoms with Crippen molar-refractivity contribution in [3.8, 4) is 11.4 Å². The number of H-pyrrole nitrogens is 1. The summed E-state index contributed by atoms with van der Waals surface area (Å²) in [6.07, 6.45) is 5.14. The SMILES string of the molecule is Cc1cnc(C(C)n2c(-c3ccncc3)n[nH]c2=S)o1. The summed E-state index contributed by atoms with van der Waals surface area (Å²) in [6, 6.07) is 3.63. The average molecular weight is 287 g/mol. The third kappa shape index (κ3) is 2.16. The van der Waals surface area contributed by atoms with E-state index < -0.39 is 0 Å². The number of nitrogens with one attached hydrogen (secondary N) is 1. The van der Waals surface area contributed by atoms with Gasteiger partial charge in [0.05, 0.1) is 6.20 Å². The average Bonchev–Trinajstić information content (AvgIpc) is 3.05. The van der Waals surface area contributed by atoms with Crippen molar-refractivity contribution >= 4 is 12.2 Å². The van der Waals surface area contributed by atoms with E-state index in [4.69, 9.17) is 16.6 Å². The molecule has 0 bridgehead atoms. The lowest BCUT2D eigenvalue weighted by atomic mass is 10.2. The number of hydrogen-bond acceptors (Lipinski definition) is 5. The monoisotopic (exact) mass is 287 g/mol. The minimum Gasteiger partial charge on any atom is -0.444 e. The molecule has 0 aromatic carbocycles. The number of hydrogen-bond donors (Lipinski definition) is 1. The summed E-state index contributed by atoms with van der Waals surface area (Å²) < 4.78 is 8.00. The Bertz CT molecular complexity index is 773. The Morgan fingerprint density at radius 1 is 1.35 bits per heavy atom. The van der Waals surface area contributed by atoms with Gasteiger partial charge in [0, 0.05) is 18.0 Å². The van der Waals surface area contributed by atoms with E-state index in [2.05, 4.69) is 20.2 Å². The zero-order chi connectivity index (χ0) is 14.1. The van der Waals surface area contributed by atoms with Gasteiger partial charge >= 0.3 is 0 Å². The molecular weight excluding hydrogens is 274 g/mol. The van der Waals surface area contributed by atoms with Crippen molar-refractivity contribution in [2.75, 3.05) is 0 Å². The van der Waals surface area contributed by atoms with E-state index in [1.54, 1.807) is 18.6 Å². The molecule has 0 radical (unpaired) electrons. The number of nitrogens with zero attached hydrogens (tertiary/aromatic N) is 4. The smallest absolute Gasteiger partial charge is 0.217 e. The highest BCUT2D eigenvalue weighted by Gasteiger charge is 2.19. The lowest BCUT2D eigenvalue weighted by Gasteiger charge is -2.12. The molecule has 0 saturated carbocycles. The topological polar surface area (TPSA) is 72.5 Å². The van der Waals surface area contributed by atoms with Crippen molar-refractivity contribution in [2.24, 2.45) is 0 Å². The van der Waals surface area contributed by atoms with Gasteiger partial charge in [0.2, 0.25) is 5.89 Å². The maximum Gasteiger partial charge on any atom is 0.217 e. The van der Waals surface area contributed by atoms with Crippen molar-refractivity contribution in [3.05, 3.63) is 47.1 Å². The Kier molecular flexibility index (Phi) is 3.19. The van der Waals surface area contributed by atoms with Gasteiger partial charge in [0.25, 0.3) is 0 Å². The first-order valence-corrected chi connectivity index (χ1v) is 6.57. The molecule has 1 unspecified atom stereocenters. The van der Waals surface area contributed by atoms with Crippen LogP contribution < -0.4 is 0 Å². The number of rotatable bonds is 3. The molecule has 1 atom stereocenters. The van der Waals surface area contributed by atoms with Crippen LogP contribution in [0.25, 0.3) is 11.4 Å². The van der Waals surface area contributed by atoms with Crippen LogP contribution in [0, 0.1) is 11.7 Å². The molecule has 3 aromatic heterocycles. The summed E-state index contributed by atoms with van der Waals surface area (Å²) in [5.41, 5.74) is 0.933. The molecule has 0 fully saturated rings. The fraction of sp³-hybridized carbons (Fsp3) is 0.231. The second kappa shape index (κ2) is 5.01. The second-order valence-electron chi connectivity index (χ2n) is 4.44. The van der Waals surface area contributed by atoms with E-state index in [-0.39, 0.29) is 6.04 Å². The first-order valence-electron chi connectivity index (χ1n) is 6.16. The standard InChI is InChI=1S/C13H13N5OS/c1-8-7-15-12(19-8)9(2)18-11(16-17-13(18)20)10-3-5-14-6-4-10/h3-7,9H,1-2H3,(H,17,20). The van der Waals surface area contributed by atoms with Crippen molar-refractivity contribution in [3.63, 3.8) is 0 Å². The molecule has 1 N–H and O–H groups in total. The molecule has 102 valence electrons. The highest BCUT2D eigenvalue weighted by molar-refractivity contribution is 7.71. The highest BCUT2D eigenvalue weighted by Crippen LogP contribution is 2.24. The summed E-state index contributed by atoms with van der Waals surface area (Å²) in [4.78, 5) is 8.27. The van der Waals surface area contributed by atoms with Gasteiger partial charge in [-0.2, -0.15) is 5.10 Å². The first kappa shape index (κ1) is 12.7. The van der Waals surface area contributed by atoms with Crippen LogP contribution in [0.3, 0.4) is 0 Å². The normalized spacial score (nSPS) is 12.5. The molecule has 0 aliphatic carbocycles. The van der Waals surface area contributed by atoms with Crippen LogP contribution in [0.4, 0.5) is 0 Å². The predicted molar refractivity (Wildman–Crippen MR) is 75.7 cm³/mol. The van der Waals surface area contributed by atoms with Crippen LogP contribution in [0.15, 0.2) is 35.1 Å². The molecule has 6 nitrogen and oxygen atoms in total. The van der Waals surface area contributed by atoms with Gasteiger partial charge in [-0.05, 0) is 38.2 Å². The zero-order valence-electron chi connectivity index (χ0n) is 11.1. The lowest BCUT2D eigenvalue weighted by molar-refractivity contribution is 0.414. The summed E-state index contributed by atoms with van der Waals surface area (Å²) in [5, 5.41) is 7.11. The zero-order valence-corrected chi connectivity index (χ0v) is 11.9. The van der Waals surface area contributed by atoms with Crippen molar-refractivity contribution in [2.45, 2.75) is 19.9 Å². The van der Waals surface area contributed by atoms with Gasteiger partial charge in [-0.25, -0.2) is 4.98 Å². The van der Waals surface area contributed by atoms with E-state index in [9.17, 15) is 0 Å². The molecule has 0 amide bonds. The van der Waals surface area contributed by atoms with E-state index in [0.29, 0.717) is 10.7 Å². The number of aryl methyl sites for hydroxylation is 1. The maximum atomic E-state index is 5.58. The van der Waals surface area contributed by atoms with Crippen LogP contribution in [0.1, 0.15) is 24.6 Å². The Balaban J connectivity index is 2.10. The summed E-state index contributed by atoms with van der Waals surface area (Å²) in [7, 11) is 0. The second-order valence-corrected chi connectivity index (χ2v) is 4.83. The molecule has 0 aliphatic heterocycles. The first-order chi connectivity index (χ1) is 9.66. The molecule has 0 spiro atoms. The molecule has 0 aliphatic rings. The van der Waals surface area contributed by atoms with Crippen LogP contribution in [-0.2, 0) is 0 Å². The number of aromatic amines is 1. The number of pyridine rings is 1. The molecular formula is C13H13N5OS. The molecule has 0 saturated heterocycles.